The van der Waals surface area contributed by atoms with Gasteiger partial charge >= 0.3 is 6.09 Å². The molecule has 33 heavy (non-hydrogen) atoms. The summed E-state index contributed by atoms with van der Waals surface area (Å²) in [5, 5.41) is 2.84. The SMILES string of the molecule is O=C(NCc1ccccc1)OC1(c2ccccc2)CCN(C(=O)Cc2ccc(F)cc2)CC1. The molecule has 1 aliphatic rings. The minimum atomic E-state index is -0.797. The predicted octanol–water partition coefficient (Wildman–Crippen LogP) is 4.81. The van der Waals surface area contributed by atoms with Crippen LogP contribution in [0.2, 0.25) is 0 Å². The molecule has 4 rings (SSSR count). The zero-order chi connectivity index (χ0) is 23.1. The van der Waals surface area contributed by atoms with E-state index in [9.17, 15) is 14.0 Å². The Balaban J connectivity index is 1.41. The Kier molecular flexibility index (Phi) is 7.03. The Morgan fingerprint density at radius 1 is 0.848 bits per heavy atom. The number of ether oxygens (including phenoxy) is 1. The van der Waals surface area contributed by atoms with Gasteiger partial charge in [0.25, 0.3) is 0 Å². The summed E-state index contributed by atoms with van der Waals surface area (Å²) in [4.78, 5) is 27.3. The fourth-order valence-corrected chi connectivity index (χ4v) is 4.18. The van der Waals surface area contributed by atoms with Crippen LogP contribution in [0.3, 0.4) is 0 Å². The maximum atomic E-state index is 13.1. The van der Waals surface area contributed by atoms with Crippen molar-refractivity contribution in [3.8, 4) is 0 Å². The summed E-state index contributed by atoms with van der Waals surface area (Å²) in [6.45, 7) is 1.33. The van der Waals surface area contributed by atoms with Crippen molar-refractivity contribution >= 4 is 12.0 Å². The third-order valence-corrected chi connectivity index (χ3v) is 6.06. The number of nitrogens with one attached hydrogen (secondary N) is 1. The zero-order valence-electron chi connectivity index (χ0n) is 18.4. The first-order valence-electron chi connectivity index (χ1n) is 11.1. The second-order valence-corrected chi connectivity index (χ2v) is 8.27. The van der Waals surface area contributed by atoms with Gasteiger partial charge in [-0.2, -0.15) is 0 Å². The number of amides is 2. The molecule has 0 bridgehead atoms. The van der Waals surface area contributed by atoms with E-state index in [1.54, 1.807) is 17.0 Å². The highest BCUT2D eigenvalue weighted by Crippen LogP contribution is 2.37. The first kappa shape index (κ1) is 22.5. The number of carbonyl (C=O) groups excluding carboxylic acids is 2. The highest BCUT2D eigenvalue weighted by Gasteiger charge is 2.41. The lowest BCUT2D eigenvalue weighted by molar-refractivity contribution is -0.135. The zero-order valence-corrected chi connectivity index (χ0v) is 18.4. The van der Waals surface area contributed by atoms with Crippen LogP contribution < -0.4 is 5.32 Å². The Labute approximate surface area is 193 Å². The van der Waals surface area contributed by atoms with Crippen molar-refractivity contribution < 1.29 is 18.7 Å². The molecule has 0 radical (unpaired) electrons. The molecule has 5 nitrogen and oxygen atoms in total. The summed E-state index contributed by atoms with van der Waals surface area (Å²) in [5.74, 6) is -0.337. The van der Waals surface area contributed by atoms with E-state index < -0.39 is 11.7 Å². The lowest BCUT2D eigenvalue weighted by atomic mass is 9.84. The van der Waals surface area contributed by atoms with Crippen LogP contribution in [0, 0.1) is 5.82 Å². The van der Waals surface area contributed by atoms with Gasteiger partial charge < -0.3 is 15.0 Å². The third-order valence-electron chi connectivity index (χ3n) is 6.06. The van der Waals surface area contributed by atoms with E-state index >= 15 is 0 Å². The first-order chi connectivity index (χ1) is 16.0. The van der Waals surface area contributed by atoms with Crippen LogP contribution in [0.25, 0.3) is 0 Å². The molecular weight excluding hydrogens is 419 g/mol. The molecule has 0 spiro atoms. The number of hydrogen-bond donors (Lipinski definition) is 1. The normalized spacial score (nSPS) is 15.0. The van der Waals surface area contributed by atoms with Crippen LogP contribution in [0.4, 0.5) is 9.18 Å². The van der Waals surface area contributed by atoms with E-state index in [4.69, 9.17) is 4.74 Å². The molecule has 0 saturated carbocycles. The van der Waals surface area contributed by atoms with Gasteiger partial charge in [0.1, 0.15) is 11.4 Å². The van der Waals surface area contributed by atoms with Gasteiger partial charge in [0.15, 0.2) is 0 Å². The molecule has 0 aromatic heterocycles. The molecule has 2 amide bonds. The van der Waals surface area contributed by atoms with Gasteiger partial charge in [0.05, 0.1) is 6.42 Å². The van der Waals surface area contributed by atoms with Crippen molar-refractivity contribution in [2.45, 2.75) is 31.4 Å². The monoisotopic (exact) mass is 446 g/mol. The molecule has 0 aliphatic carbocycles. The van der Waals surface area contributed by atoms with E-state index in [-0.39, 0.29) is 18.1 Å². The molecule has 1 saturated heterocycles. The Morgan fingerprint density at radius 2 is 1.45 bits per heavy atom. The van der Waals surface area contributed by atoms with Gasteiger partial charge in [0, 0.05) is 32.5 Å². The molecule has 3 aromatic rings. The maximum Gasteiger partial charge on any atom is 0.408 e. The second kappa shape index (κ2) is 10.3. The molecule has 1 aliphatic heterocycles. The smallest absolute Gasteiger partial charge is 0.408 e. The number of halogens is 1. The molecule has 1 heterocycles. The number of benzene rings is 3. The van der Waals surface area contributed by atoms with Gasteiger partial charge in [-0.1, -0.05) is 72.8 Å². The molecular formula is C27H27FN2O3. The van der Waals surface area contributed by atoms with Crippen LogP contribution in [0.5, 0.6) is 0 Å². The lowest BCUT2D eigenvalue weighted by Crippen LogP contribution is -2.48. The fraction of sp³-hybridized carbons (Fsp3) is 0.259. The van der Waals surface area contributed by atoms with E-state index in [0.717, 1.165) is 16.7 Å². The molecule has 0 atom stereocenters. The summed E-state index contributed by atoms with van der Waals surface area (Å²) >= 11 is 0. The van der Waals surface area contributed by atoms with Gasteiger partial charge in [-0.25, -0.2) is 9.18 Å². The summed E-state index contributed by atoms with van der Waals surface area (Å²) in [5.41, 5.74) is 1.89. The van der Waals surface area contributed by atoms with Gasteiger partial charge in [0.2, 0.25) is 5.91 Å². The highest BCUT2D eigenvalue weighted by atomic mass is 19.1. The molecule has 1 fully saturated rings. The number of nitrogens with zero attached hydrogens (tertiary/aromatic N) is 1. The summed E-state index contributed by atoms with van der Waals surface area (Å²) < 4.78 is 19.2. The quantitative estimate of drug-likeness (QED) is 0.591. The van der Waals surface area contributed by atoms with Crippen LogP contribution in [-0.2, 0) is 28.1 Å². The Hall–Kier alpha value is -3.67. The Morgan fingerprint density at radius 3 is 2.09 bits per heavy atom. The molecule has 3 aromatic carbocycles. The van der Waals surface area contributed by atoms with Crippen LogP contribution in [0.1, 0.15) is 29.5 Å². The van der Waals surface area contributed by atoms with Crippen molar-refractivity contribution in [3.05, 3.63) is 107 Å². The first-order valence-corrected chi connectivity index (χ1v) is 11.1. The average molecular weight is 447 g/mol. The van der Waals surface area contributed by atoms with Crippen molar-refractivity contribution in [2.24, 2.45) is 0 Å². The molecule has 0 unspecified atom stereocenters. The van der Waals surface area contributed by atoms with Crippen LogP contribution >= 0.6 is 0 Å². The van der Waals surface area contributed by atoms with E-state index in [2.05, 4.69) is 5.32 Å². The van der Waals surface area contributed by atoms with Crippen LogP contribution in [-0.4, -0.2) is 30.0 Å². The Bertz CT molecular complexity index is 1060. The standard InChI is InChI=1S/C27H27FN2O3/c28-24-13-11-21(12-14-24)19-25(31)30-17-15-27(16-18-30,23-9-5-2-6-10-23)33-26(32)29-20-22-7-3-1-4-8-22/h1-14H,15-20H2,(H,29,32). The topological polar surface area (TPSA) is 58.6 Å². The number of likely N-dealkylation sites (tertiary alicyclic amines) is 1. The minimum Gasteiger partial charge on any atom is -0.438 e. The van der Waals surface area contributed by atoms with Gasteiger partial charge in [-0.15, -0.1) is 0 Å². The maximum absolute atomic E-state index is 13.1. The fourth-order valence-electron chi connectivity index (χ4n) is 4.18. The summed E-state index contributed by atoms with van der Waals surface area (Å²) in [6, 6.07) is 25.3. The number of rotatable bonds is 6. The average Bonchev–Trinajstić information content (AvgIpc) is 2.86. The van der Waals surface area contributed by atoms with Gasteiger partial charge in [-0.3, -0.25) is 4.79 Å². The van der Waals surface area contributed by atoms with Gasteiger partial charge in [-0.05, 0) is 28.8 Å². The van der Waals surface area contributed by atoms with E-state index in [0.29, 0.717) is 32.5 Å². The summed E-state index contributed by atoms with van der Waals surface area (Å²) in [6.07, 6.45) is 0.751. The van der Waals surface area contributed by atoms with E-state index in [1.807, 2.05) is 60.7 Å². The predicted molar refractivity (Wildman–Crippen MR) is 124 cm³/mol. The molecule has 6 heteroatoms. The van der Waals surface area contributed by atoms with Crippen molar-refractivity contribution in [3.63, 3.8) is 0 Å². The van der Waals surface area contributed by atoms with Crippen LogP contribution in [0.15, 0.2) is 84.9 Å². The number of hydrogen-bond acceptors (Lipinski definition) is 3. The molecule has 170 valence electrons. The summed E-state index contributed by atoms with van der Waals surface area (Å²) in [7, 11) is 0. The third kappa shape index (κ3) is 5.77. The van der Waals surface area contributed by atoms with Crippen molar-refractivity contribution in [2.75, 3.05) is 13.1 Å². The lowest BCUT2D eigenvalue weighted by Gasteiger charge is -2.41. The minimum absolute atomic E-state index is 0.0169. The largest absolute Gasteiger partial charge is 0.438 e. The number of alkyl carbamates (subject to hydrolysis) is 1. The van der Waals surface area contributed by atoms with E-state index in [1.165, 1.54) is 12.1 Å². The number of carbonyl (C=O) groups is 2. The van der Waals surface area contributed by atoms with Crippen molar-refractivity contribution in [1.82, 2.24) is 10.2 Å². The second-order valence-electron chi connectivity index (χ2n) is 8.27. The highest BCUT2D eigenvalue weighted by molar-refractivity contribution is 5.79. The van der Waals surface area contributed by atoms with Crippen molar-refractivity contribution in [1.29, 1.82) is 0 Å². The molecule has 1 N–H and O–H groups in total. The number of piperidine rings is 1.